The largest absolute Gasteiger partial charge is 0.493 e. The van der Waals surface area contributed by atoms with E-state index in [1.54, 1.807) is 19.9 Å². The van der Waals surface area contributed by atoms with Crippen LogP contribution in [0.4, 0.5) is 0 Å². The molecule has 1 aromatic rings. The molecule has 1 atom stereocenters. The molecule has 0 aromatic heterocycles. The van der Waals surface area contributed by atoms with Crippen LogP contribution < -0.4 is 9.47 Å². The molecule has 1 rings (SSSR count). The lowest BCUT2D eigenvalue weighted by atomic mass is 10.2. The maximum atomic E-state index is 11.4. The third kappa shape index (κ3) is 5.96. The van der Waals surface area contributed by atoms with Crippen molar-refractivity contribution in [2.45, 2.75) is 13.8 Å². The molecule has 106 valence electrons. The number of carbonyl (C=O) groups is 1. The highest BCUT2D eigenvalue weighted by atomic mass is 79.9. The number of rotatable bonds is 8. The smallest absolute Gasteiger partial charge is 0.312 e. The second-order valence-corrected chi connectivity index (χ2v) is 4.77. The minimum absolute atomic E-state index is 0.241. The molecule has 5 heteroatoms. The van der Waals surface area contributed by atoms with E-state index in [4.69, 9.17) is 14.2 Å². The summed E-state index contributed by atoms with van der Waals surface area (Å²) in [4.78, 5) is 11.4. The maximum absolute atomic E-state index is 11.4. The van der Waals surface area contributed by atoms with Crippen molar-refractivity contribution in [3.63, 3.8) is 0 Å². The van der Waals surface area contributed by atoms with Crippen LogP contribution in [-0.4, -0.2) is 31.1 Å². The Balaban J connectivity index is 2.46. The van der Waals surface area contributed by atoms with Crippen molar-refractivity contribution in [1.82, 2.24) is 0 Å². The van der Waals surface area contributed by atoms with Crippen molar-refractivity contribution < 1.29 is 19.0 Å². The summed E-state index contributed by atoms with van der Waals surface area (Å²) in [6, 6.07) is 7.36. The van der Waals surface area contributed by atoms with Crippen LogP contribution in [0.1, 0.15) is 13.8 Å². The third-order valence-corrected chi connectivity index (χ3v) is 2.66. The lowest BCUT2D eigenvalue weighted by Crippen LogP contribution is -2.21. The molecule has 0 radical (unpaired) electrons. The minimum Gasteiger partial charge on any atom is -0.493 e. The fourth-order valence-electron chi connectivity index (χ4n) is 1.38. The van der Waals surface area contributed by atoms with E-state index in [9.17, 15) is 4.79 Å². The summed E-state index contributed by atoms with van der Waals surface area (Å²) in [5.41, 5.74) is 0. The molecule has 0 aliphatic heterocycles. The third-order valence-electron chi connectivity index (χ3n) is 2.34. The molecule has 0 fully saturated rings. The highest BCUT2D eigenvalue weighted by molar-refractivity contribution is 9.09. The van der Waals surface area contributed by atoms with Crippen LogP contribution in [-0.2, 0) is 9.53 Å². The Morgan fingerprint density at radius 3 is 2.63 bits per heavy atom. The molecule has 1 unspecified atom stereocenters. The van der Waals surface area contributed by atoms with Crippen LogP contribution in [0.25, 0.3) is 0 Å². The molecule has 0 saturated carbocycles. The number of esters is 1. The summed E-state index contributed by atoms with van der Waals surface area (Å²) >= 11 is 3.30. The van der Waals surface area contributed by atoms with Crippen molar-refractivity contribution in [2.24, 2.45) is 5.92 Å². The maximum Gasteiger partial charge on any atom is 0.312 e. The van der Waals surface area contributed by atoms with Crippen molar-refractivity contribution >= 4 is 21.9 Å². The predicted molar refractivity (Wildman–Crippen MR) is 77.0 cm³/mol. The molecule has 19 heavy (non-hydrogen) atoms. The molecule has 0 heterocycles. The Labute approximate surface area is 122 Å². The minimum atomic E-state index is -0.285. The molecule has 0 N–H and O–H groups in total. The van der Waals surface area contributed by atoms with E-state index in [0.29, 0.717) is 25.6 Å². The first-order chi connectivity index (χ1) is 9.17. The van der Waals surface area contributed by atoms with E-state index in [0.717, 1.165) is 11.1 Å². The fourth-order valence-corrected chi connectivity index (χ4v) is 1.55. The van der Waals surface area contributed by atoms with E-state index in [1.165, 1.54) is 0 Å². The van der Waals surface area contributed by atoms with E-state index < -0.39 is 0 Å². The quantitative estimate of drug-likeness (QED) is 0.543. The van der Waals surface area contributed by atoms with Gasteiger partial charge in [-0.1, -0.05) is 22.0 Å². The topological polar surface area (TPSA) is 44.8 Å². The normalized spacial score (nSPS) is 11.7. The number of benzene rings is 1. The Hall–Kier alpha value is -1.23. The fraction of sp³-hybridized carbons (Fsp3) is 0.500. The first-order valence-corrected chi connectivity index (χ1v) is 7.37. The SMILES string of the molecule is CCOC(=O)C(C)COc1cccc(OCCBr)c1. The number of alkyl halides is 1. The molecule has 0 amide bonds. The van der Waals surface area contributed by atoms with Crippen LogP contribution in [0.3, 0.4) is 0 Å². The summed E-state index contributed by atoms with van der Waals surface area (Å²) in [5.74, 6) is 0.908. The van der Waals surface area contributed by atoms with Gasteiger partial charge >= 0.3 is 5.97 Å². The zero-order valence-corrected chi connectivity index (χ0v) is 12.8. The van der Waals surface area contributed by atoms with Gasteiger partial charge < -0.3 is 14.2 Å². The van der Waals surface area contributed by atoms with E-state index in [2.05, 4.69) is 15.9 Å². The molecule has 0 aliphatic carbocycles. The van der Waals surface area contributed by atoms with Gasteiger partial charge in [0, 0.05) is 11.4 Å². The first kappa shape index (κ1) is 15.8. The van der Waals surface area contributed by atoms with Crippen LogP contribution in [0.2, 0.25) is 0 Å². The van der Waals surface area contributed by atoms with E-state index in [-0.39, 0.29) is 11.9 Å². The first-order valence-electron chi connectivity index (χ1n) is 6.25. The Kier molecular flexibility index (Phi) is 7.33. The average molecular weight is 331 g/mol. The molecule has 0 spiro atoms. The molecule has 1 aromatic carbocycles. The van der Waals surface area contributed by atoms with Crippen molar-refractivity contribution in [3.8, 4) is 11.5 Å². The number of hydrogen-bond donors (Lipinski definition) is 0. The van der Waals surface area contributed by atoms with Gasteiger partial charge in [-0.3, -0.25) is 4.79 Å². The highest BCUT2D eigenvalue weighted by Crippen LogP contribution is 2.20. The monoisotopic (exact) mass is 330 g/mol. The lowest BCUT2D eigenvalue weighted by molar-refractivity contribution is -0.148. The zero-order chi connectivity index (χ0) is 14.1. The van der Waals surface area contributed by atoms with Crippen LogP contribution in [0, 0.1) is 5.92 Å². The number of hydrogen-bond acceptors (Lipinski definition) is 4. The Morgan fingerprint density at radius 1 is 1.32 bits per heavy atom. The van der Waals surface area contributed by atoms with Gasteiger partial charge in [0.05, 0.1) is 19.1 Å². The second-order valence-electron chi connectivity index (χ2n) is 3.98. The van der Waals surface area contributed by atoms with E-state index in [1.807, 2.05) is 18.2 Å². The zero-order valence-electron chi connectivity index (χ0n) is 11.2. The van der Waals surface area contributed by atoms with Gasteiger partial charge in [0.15, 0.2) is 0 Å². The molecule has 0 aliphatic rings. The summed E-state index contributed by atoms with van der Waals surface area (Å²) in [6.45, 7) is 4.85. The molecular weight excluding hydrogens is 312 g/mol. The standard InChI is InChI=1S/C14H19BrO4/c1-3-17-14(16)11(2)10-19-13-6-4-5-12(9-13)18-8-7-15/h4-6,9,11H,3,7-8,10H2,1-2H3. The van der Waals surface area contributed by atoms with Crippen LogP contribution >= 0.6 is 15.9 Å². The van der Waals surface area contributed by atoms with Gasteiger partial charge in [0.1, 0.15) is 18.1 Å². The van der Waals surface area contributed by atoms with Gasteiger partial charge in [-0.05, 0) is 26.0 Å². The van der Waals surface area contributed by atoms with Gasteiger partial charge in [0.25, 0.3) is 0 Å². The summed E-state index contributed by atoms with van der Waals surface area (Å²) in [5, 5.41) is 0.776. The summed E-state index contributed by atoms with van der Waals surface area (Å²) in [7, 11) is 0. The van der Waals surface area contributed by atoms with Crippen molar-refractivity contribution in [3.05, 3.63) is 24.3 Å². The number of ether oxygens (including phenoxy) is 3. The second kappa shape index (κ2) is 8.80. The van der Waals surface area contributed by atoms with Crippen LogP contribution in [0.5, 0.6) is 11.5 Å². The van der Waals surface area contributed by atoms with Gasteiger partial charge in [-0.15, -0.1) is 0 Å². The van der Waals surface area contributed by atoms with Gasteiger partial charge in [-0.25, -0.2) is 0 Å². The average Bonchev–Trinajstić information content (AvgIpc) is 2.43. The van der Waals surface area contributed by atoms with E-state index >= 15 is 0 Å². The number of carbonyl (C=O) groups excluding carboxylic acids is 1. The number of halogens is 1. The summed E-state index contributed by atoms with van der Waals surface area (Å²) in [6.07, 6.45) is 0. The predicted octanol–water partition coefficient (Wildman–Crippen LogP) is 3.04. The van der Waals surface area contributed by atoms with Crippen LogP contribution in [0.15, 0.2) is 24.3 Å². The van der Waals surface area contributed by atoms with Gasteiger partial charge in [0.2, 0.25) is 0 Å². The molecule has 4 nitrogen and oxygen atoms in total. The molecule has 0 saturated heterocycles. The van der Waals surface area contributed by atoms with Crippen molar-refractivity contribution in [2.75, 3.05) is 25.2 Å². The Morgan fingerprint density at radius 2 is 2.00 bits per heavy atom. The Bertz CT molecular complexity index is 395. The van der Waals surface area contributed by atoms with Crippen molar-refractivity contribution in [1.29, 1.82) is 0 Å². The highest BCUT2D eigenvalue weighted by Gasteiger charge is 2.14. The summed E-state index contributed by atoms with van der Waals surface area (Å²) < 4.78 is 16.0. The molecule has 0 bridgehead atoms. The van der Waals surface area contributed by atoms with Gasteiger partial charge in [-0.2, -0.15) is 0 Å². The molecular formula is C14H19BrO4. The lowest BCUT2D eigenvalue weighted by Gasteiger charge is -2.13.